The summed E-state index contributed by atoms with van der Waals surface area (Å²) in [6, 6.07) is 18.6. The van der Waals surface area contributed by atoms with E-state index in [1.165, 1.54) is 11.1 Å². The zero-order valence-corrected chi connectivity index (χ0v) is 10.5. The molecule has 0 aliphatic heterocycles. The first-order chi connectivity index (χ1) is 8.90. The zero-order valence-electron chi connectivity index (χ0n) is 10.5. The molecule has 2 aromatic rings. The second kappa shape index (κ2) is 6.82. The predicted molar refractivity (Wildman–Crippen MR) is 74.9 cm³/mol. The van der Waals surface area contributed by atoms with Gasteiger partial charge in [-0.05, 0) is 30.2 Å². The number of benzene rings is 2. The lowest BCUT2D eigenvalue weighted by molar-refractivity contribution is 0.310. The Bertz CT molecular complexity index is 468. The van der Waals surface area contributed by atoms with Gasteiger partial charge in [-0.3, -0.25) is 0 Å². The highest BCUT2D eigenvalue weighted by Gasteiger charge is 2.03. The maximum atomic E-state index is 5.77. The van der Waals surface area contributed by atoms with E-state index >= 15 is 0 Å². The van der Waals surface area contributed by atoms with Crippen molar-refractivity contribution in [3.8, 4) is 5.75 Å². The van der Waals surface area contributed by atoms with Crippen LogP contribution in [-0.4, -0.2) is 13.2 Å². The summed E-state index contributed by atoms with van der Waals surface area (Å²) < 4.78 is 5.77. The highest BCUT2D eigenvalue weighted by molar-refractivity contribution is 5.37. The molecule has 0 amide bonds. The molecule has 0 radical (unpaired) electrons. The van der Waals surface area contributed by atoms with Gasteiger partial charge in [-0.1, -0.05) is 48.5 Å². The molecule has 0 unspecified atom stereocenters. The Morgan fingerprint density at radius 1 is 0.889 bits per heavy atom. The van der Waals surface area contributed by atoms with E-state index in [9.17, 15) is 0 Å². The van der Waals surface area contributed by atoms with Crippen LogP contribution in [0.15, 0.2) is 54.6 Å². The van der Waals surface area contributed by atoms with Crippen LogP contribution < -0.4 is 10.5 Å². The summed E-state index contributed by atoms with van der Waals surface area (Å²) >= 11 is 0. The van der Waals surface area contributed by atoms with Gasteiger partial charge < -0.3 is 10.5 Å². The highest BCUT2D eigenvalue weighted by Crippen LogP contribution is 2.21. The van der Waals surface area contributed by atoms with Crippen LogP contribution in [0.1, 0.15) is 17.5 Å². The Kier molecular flexibility index (Phi) is 4.79. The standard InChI is InChI=1S/C16H19NO/c17-11-6-12-18-16-10-5-4-9-15(16)13-14-7-2-1-3-8-14/h1-5,7-10H,6,11-13,17H2. The maximum Gasteiger partial charge on any atom is 0.122 e. The van der Waals surface area contributed by atoms with Crippen LogP contribution in [0.3, 0.4) is 0 Å². The molecule has 94 valence electrons. The molecule has 0 aliphatic rings. The molecular formula is C16H19NO. The summed E-state index contributed by atoms with van der Waals surface area (Å²) in [7, 11) is 0. The molecule has 0 heterocycles. The van der Waals surface area contributed by atoms with Crippen LogP contribution in [0, 0.1) is 0 Å². The first-order valence-corrected chi connectivity index (χ1v) is 6.35. The lowest BCUT2D eigenvalue weighted by Gasteiger charge is -2.11. The van der Waals surface area contributed by atoms with E-state index in [-0.39, 0.29) is 0 Å². The van der Waals surface area contributed by atoms with Gasteiger partial charge in [0.15, 0.2) is 0 Å². The Hall–Kier alpha value is -1.80. The van der Waals surface area contributed by atoms with Gasteiger partial charge in [0.2, 0.25) is 0 Å². The van der Waals surface area contributed by atoms with Crippen molar-refractivity contribution in [1.82, 2.24) is 0 Å². The maximum absolute atomic E-state index is 5.77. The smallest absolute Gasteiger partial charge is 0.122 e. The Balaban J connectivity index is 2.07. The fourth-order valence-corrected chi connectivity index (χ4v) is 1.87. The highest BCUT2D eigenvalue weighted by atomic mass is 16.5. The van der Waals surface area contributed by atoms with Crippen molar-refractivity contribution in [2.45, 2.75) is 12.8 Å². The normalized spacial score (nSPS) is 10.3. The van der Waals surface area contributed by atoms with Crippen LogP contribution in [0.5, 0.6) is 5.75 Å². The van der Waals surface area contributed by atoms with Crippen molar-refractivity contribution in [2.75, 3.05) is 13.2 Å². The van der Waals surface area contributed by atoms with Crippen molar-refractivity contribution >= 4 is 0 Å². The third-order valence-electron chi connectivity index (χ3n) is 2.82. The quantitative estimate of drug-likeness (QED) is 0.789. The molecule has 18 heavy (non-hydrogen) atoms. The fraction of sp³-hybridized carbons (Fsp3) is 0.250. The fourth-order valence-electron chi connectivity index (χ4n) is 1.87. The van der Waals surface area contributed by atoms with Gasteiger partial charge in [0.1, 0.15) is 5.75 Å². The van der Waals surface area contributed by atoms with Gasteiger partial charge in [0.05, 0.1) is 6.61 Å². The molecule has 0 saturated heterocycles. The summed E-state index contributed by atoms with van der Waals surface area (Å²) in [5.74, 6) is 0.967. The molecule has 2 rings (SSSR count). The summed E-state index contributed by atoms with van der Waals surface area (Å²) in [6.07, 6.45) is 1.79. The first-order valence-electron chi connectivity index (χ1n) is 6.35. The molecule has 0 aromatic heterocycles. The molecule has 2 nitrogen and oxygen atoms in total. The van der Waals surface area contributed by atoms with E-state index in [1.807, 2.05) is 24.3 Å². The minimum absolute atomic E-state index is 0.668. The van der Waals surface area contributed by atoms with Gasteiger partial charge in [-0.25, -0.2) is 0 Å². The molecule has 2 heteroatoms. The second-order valence-corrected chi connectivity index (χ2v) is 4.26. The second-order valence-electron chi connectivity index (χ2n) is 4.26. The third-order valence-corrected chi connectivity index (χ3v) is 2.82. The summed E-state index contributed by atoms with van der Waals surface area (Å²) in [6.45, 7) is 1.35. The minimum Gasteiger partial charge on any atom is -0.493 e. The summed E-state index contributed by atoms with van der Waals surface area (Å²) in [4.78, 5) is 0. The molecule has 2 N–H and O–H groups in total. The molecule has 0 atom stereocenters. The molecule has 0 spiro atoms. The number of ether oxygens (including phenoxy) is 1. The molecule has 0 fully saturated rings. The van der Waals surface area contributed by atoms with Crippen LogP contribution in [0.2, 0.25) is 0 Å². The van der Waals surface area contributed by atoms with E-state index in [2.05, 4.69) is 30.3 Å². The predicted octanol–water partition coefficient (Wildman–Crippen LogP) is 3.01. The van der Waals surface area contributed by atoms with E-state index < -0.39 is 0 Å². The monoisotopic (exact) mass is 241 g/mol. The van der Waals surface area contributed by atoms with Crippen molar-refractivity contribution in [2.24, 2.45) is 5.73 Å². The summed E-state index contributed by atoms with van der Waals surface area (Å²) in [5.41, 5.74) is 8.00. The molecular weight excluding hydrogens is 222 g/mol. The SMILES string of the molecule is NCCCOc1ccccc1Cc1ccccc1. The number of nitrogens with two attached hydrogens (primary N) is 1. The lowest BCUT2D eigenvalue weighted by Crippen LogP contribution is -2.07. The number of rotatable bonds is 6. The van der Waals surface area contributed by atoms with Crippen molar-refractivity contribution < 1.29 is 4.74 Å². The third kappa shape index (κ3) is 3.60. The van der Waals surface area contributed by atoms with Crippen LogP contribution >= 0.6 is 0 Å². The van der Waals surface area contributed by atoms with Crippen molar-refractivity contribution in [1.29, 1.82) is 0 Å². The van der Waals surface area contributed by atoms with E-state index in [4.69, 9.17) is 10.5 Å². The van der Waals surface area contributed by atoms with Crippen LogP contribution in [0.25, 0.3) is 0 Å². The van der Waals surface area contributed by atoms with E-state index in [0.29, 0.717) is 13.2 Å². The Labute approximate surface area is 108 Å². The minimum atomic E-state index is 0.668. The summed E-state index contributed by atoms with van der Waals surface area (Å²) in [5, 5.41) is 0. The number of hydrogen-bond donors (Lipinski definition) is 1. The van der Waals surface area contributed by atoms with E-state index in [0.717, 1.165) is 18.6 Å². The first kappa shape index (κ1) is 12.7. The lowest BCUT2D eigenvalue weighted by atomic mass is 10.0. The zero-order chi connectivity index (χ0) is 12.6. The van der Waals surface area contributed by atoms with Crippen LogP contribution in [0.4, 0.5) is 0 Å². The molecule has 0 saturated carbocycles. The van der Waals surface area contributed by atoms with Gasteiger partial charge in [-0.15, -0.1) is 0 Å². The number of hydrogen-bond acceptors (Lipinski definition) is 2. The van der Waals surface area contributed by atoms with Gasteiger partial charge in [0, 0.05) is 6.42 Å². The topological polar surface area (TPSA) is 35.2 Å². The number of para-hydroxylation sites is 1. The molecule has 0 bridgehead atoms. The van der Waals surface area contributed by atoms with Gasteiger partial charge in [0.25, 0.3) is 0 Å². The molecule has 2 aromatic carbocycles. The van der Waals surface area contributed by atoms with Crippen LogP contribution in [-0.2, 0) is 6.42 Å². The average molecular weight is 241 g/mol. The Morgan fingerprint density at radius 2 is 1.61 bits per heavy atom. The largest absolute Gasteiger partial charge is 0.493 e. The van der Waals surface area contributed by atoms with Crippen molar-refractivity contribution in [3.63, 3.8) is 0 Å². The van der Waals surface area contributed by atoms with E-state index in [1.54, 1.807) is 0 Å². The van der Waals surface area contributed by atoms with Crippen molar-refractivity contribution in [3.05, 3.63) is 65.7 Å². The van der Waals surface area contributed by atoms with Gasteiger partial charge in [-0.2, -0.15) is 0 Å². The average Bonchev–Trinajstić information content (AvgIpc) is 2.42. The van der Waals surface area contributed by atoms with Gasteiger partial charge >= 0.3 is 0 Å². The molecule has 0 aliphatic carbocycles. The Morgan fingerprint density at radius 3 is 2.39 bits per heavy atom.